The van der Waals surface area contributed by atoms with Crippen molar-refractivity contribution >= 4 is 34.2 Å². The predicted octanol–water partition coefficient (Wildman–Crippen LogP) is 4.96. The second-order valence-corrected chi connectivity index (χ2v) is 8.10. The molecule has 3 aromatic rings. The van der Waals surface area contributed by atoms with Crippen molar-refractivity contribution in [2.75, 3.05) is 18.1 Å². The number of hydrogen-bond donors (Lipinski definition) is 1. The van der Waals surface area contributed by atoms with Crippen LogP contribution in [0.2, 0.25) is 5.02 Å². The monoisotopic (exact) mass is 423 g/mol. The smallest absolute Gasteiger partial charge is 0.258 e. The van der Waals surface area contributed by atoms with E-state index in [1.54, 1.807) is 0 Å². The van der Waals surface area contributed by atoms with Crippen molar-refractivity contribution in [2.45, 2.75) is 38.8 Å². The van der Waals surface area contributed by atoms with Crippen LogP contribution in [0, 0.1) is 0 Å². The van der Waals surface area contributed by atoms with Gasteiger partial charge in [-0.15, -0.1) is 0 Å². The molecule has 2 aromatic carbocycles. The van der Waals surface area contributed by atoms with Crippen LogP contribution >= 0.6 is 11.6 Å². The van der Waals surface area contributed by atoms with E-state index in [0.29, 0.717) is 23.4 Å². The van der Waals surface area contributed by atoms with Crippen LogP contribution in [-0.4, -0.2) is 30.1 Å². The van der Waals surface area contributed by atoms with Gasteiger partial charge >= 0.3 is 0 Å². The molecule has 5 nitrogen and oxygen atoms in total. The molecule has 1 aliphatic rings. The minimum absolute atomic E-state index is 0.0738. The van der Waals surface area contributed by atoms with Crippen LogP contribution in [0.4, 0.5) is 5.82 Å². The van der Waals surface area contributed by atoms with E-state index in [9.17, 15) is 4.79 Å². The van der Waals surface area contributed by atoms with Gasteiger partial charge in [0.25, 0.3) is 5.91 Å². The summed E-state index contributed by atoms with van der Waals surface area (Å²) in [7, 11) is 0. The predicted molar refractivity (Wildman–Crippen MR) is 121 cm³/mol. The molecule has 1 aliphatic heterocycles. The molecular formula is C24H26ClN3O2. The zero-order valence-corrected chi connectivity index (χ0v) is 17.9. The molecule has 1 aromatic heterocycles. The summed E-state index contributed by atoms with van der Waals surface area (Å²) in [5.74, 6) is 1.38. The van der Waals surface area contributed by atoms with E-state index in [-0.39, 0.29) is 12.5 Å². The van der Waals surface area contributed by atoms with Gasteiger partial charge < -0.3 is 15.0 Å². The lowest BCUT2D eigenvalue weighted by Crippen LogP contribution is -2.37. The van der Waals surface area contributed by atoms with Gasteiger partial charge in [-0.05, 0) is 56.0 Å². The lowest BCUT2D eigenvalue weighted by molar-refractivity contribution is -0.123. The van der Waals surface area contributed by atoms with Crippen LogP contribution in [0.3, 0.4) is 0 Å². The molecule has 4 rings (SSSR count). The van der Waals surface area contributed by atoms with Crippen LogP contribution in [0.1, 0.15) is 31.7 Å². The second kappa shape index (κ2) is 9.35. The van der Waals surface area contributed by atoms with E-state index in [1.165, 1.54) is 19.3 Å². The molecule has 1 amide bonds. The van der Waals surface area contributed by atoms with Crippen molar-refractivity contribution in [3.05, 3.63) is 65.2 Å². The highest BCUT2D eigenvalue weighted by Crippen LogP contribution is 2.29. The zero-order chi connectivity index (χ0) is 20.9. The van der Waals surface area contributed by atoms with E-state index in [4.69, 9.17) is 21.3 Å². The quantitative estimate of drug-likeness (QED) is 0.608. The Morgan fingerprint density at radius 2 is 2.03 bits per heavy atom. The largest absolute Gasteiger partial charge is 0.481 e. The van der Waals surface area contributed by atoms with Gasteiger partial charge in [-0.3, -0.25) is 4.79 Å². The SMILES string of the molecule is CC1CCCCN1c1ccc2cccc(OCC(=O)NCc3ccccc3Cl)c2n1. The van der Waals surface area contributed by atoms with Crippen LogP contribution in [0.5, 0.6) is 5.75 Å². The summed E-state index contributed by atoms with van der Waals surface area (Å²) in [6.07, 6.45) is 3.64. The fourth-order valence-electron chi connectivity index (χ4n) is 3.85. The Hall–Kier alpha value is -2.79. The molecule has 0 spiro atoms. The molecule has 0 bridgehead atoms. The molecule has 1 N–H and O–H groups in total. The Balaban J connectivity index is 1.45. The van der Waals surface area contributed by atoms with Crippen molar-refractivity contribution in [3.8, 4) is 5.75 Å². The van der Waals surface area contributed by atoms with Crippen molar-refractivity contribution in [1.29, 1.82) is 0 Å². The van der Waals surface area contributed by atoms with Crippen molar-refractivity contribution < 1.29 is 9.53 Å². The standard InChI is InChI=1S/C24H26ClN3O2/c1-17-7-4-5-14-28(17)22-13-12-18-9-6-11-21(24(18)27-22)30-16-23(29)26-15-19-8-2-3-10-20(19)25/h2-3,6,8-13,17H,4-5,7,14-16H2,1H3,(H,26,29). The molecule has 0 aliphatic carbocycles. The maximum Gasteiger partial charge on any atom is 0.258 e. The van der Waals surface area contributed by atoms with E-state index in [2.05, 4.69) is 29.3 Å². The first-order valence-corrected chi connectivity index (χ1v) is 10.8. The van der Waals surface area contributed by atoms with Gasteiger partial charge in [0.05, 0.1) is 0 Å². The van der Waals surface area contributed by atoms with Crippen LogP contribution in [-0.2, 0) is 11.3 Å². The number of nitrogens with zero attached hydrogens (tertiary/aromatic N) is 2. The Bertz CT molecular complexity index is 1040. The number of anilines is 1. The minimum Gasteiger partial charge on any atom is -0.481 e. The number of rotatable bonds is 6. The first kappa shape index (κ1) is 20.5. The molecule has 1 fully saturated rings. The van der Waals surface area contributed by atoms with E-state index in [0.717, 1.165) is 28.8 Å². The van der Waals surface area contributed by atoms with Gasteiger partial charge in [0, 0.05) is 29.5 Å². The summed E-state index contributed by atoms with van der Waals surface area (Å²) in [6.45, 7) is 3.56. The second-order valence-electron chi connectivity index (χ2n) is 7.69. The third-order valence-corrected chi connectivity index (χ3v) is 5.93. The number of ether oxygens (including phenoxy) is 1. The summed E-state index contributed by atoms with van der Waals surface area (Å²) in [5.41, 5.74) is 1.66. The molecule has 30 heavy (non-hydrogen) atoms. The highest BCUT2D eigenvalue weighted by atomic mass is 35.5. The summed E-state index contributed by atoms with van der Waals surface area (Å²) < 4.78 is 5.84. The van der Waals surface area contributed by atoms with Crippen LogP contribution in [0.15, 0.2) is 54.6 Å². The average Bonchev–Trinajstić information content (AvgIpc) is 2.77. The zero-order valence-electron chi connectivity index (χ0n) is 17.1. The number of para-hydroxylation sites is 1. The normalized spacial score (nSPS) is 16.5. The number of carbonyl (C=O) groups excluding carboxylic acids is 1. The fourth-order valence-corrected chi connectivity index (χ4v) is 4.06. The van der Waals surface area contributed by atoms with Gasteiger partial charge in [-0.2, -0.15) is 0 Å². The number of aromatic nitrogens is 1. The van der Waals surface area contributed by atoms with E-state index >= 15 is 0 Å². The lowest BCUT2D eigenvalue weighted by atomic mass is 10.0. The topological polar surface area (TPSA) is 54.5 Å². The average molecular weight is 424 g/mol. The maximum absolute atomic E-state index is 12.3. The highest BCUT2D eigenvalue weighted by Gasteiger charge is 2.20. The molecule has 2 heterocycles. The summed E-state index contributed by atoms with van der Waals surface area (Å²) >= 11 is 6.14. The molecular weight excluding hydrogens is 398 g/mol. The fraction of sp³-hybridized carbons (Fsp3) is 0.333. The Morgan fingerprint density at radius 3 is 2.87 bits per heavy atom. The number of halogens is 1. The van der Waals surface area contributed by atoms with Crippen LogP contribution in [0.25, 0.3) is 10.9 Å². The number of carbonyl (C=O) groups is 1. The van der Waals surface area contributed by atoms with Gasteiger partial charge in [0.2, 0.25) is 0 Å². The third-order valence-electron chi connectivity index (χ3n) is 5.56. The molecule has 156 valence electrons. The Kier molecular flexibility index (Phi) is 6.38. The van der Waals surface area contributed by atoms with Crippen molar-refractivity contribution in [2.24, 2.45) is 0 Å². The minimum atomic E-state index is -0.201. The molecule has 0 saturated carbocycles. The Morgan fingerprint density at radius 1 is 1.17 bits per heavy atom. The molecule has 0 radical (unpaired) electrons. The summed E-state index contributed by atoms with van der Waals surface area (Å²) in [4.78, 5) is 19.5. The molecule has 6 heteroatoms. The number of fused-ring (bicyclic) bond motifs is 1. The maximum atomic E-state index is 12.3. The first-order valence-electron chi connectivity index (χ1n) is 10.4. The molecule has 1 unspecified atom stereocenters. The van der Waals surface area contributed by atoms with Gasteiger partial charge in [0.1, 0.15) is 17.1 Å². The highest BCUT2D eigenvalue weighted by molar-refractivity contribution is 6.31. The number of pyridine rings is 1. The van der Waals surface area contributed by atoms with Crippen molar-refractivity contribution in [1.82, 2.24) is 10.3 Å². The van der Waals surface area contributed by atoms with Gasteiger partial charge in [-0.1, -0.05) is 41.9 Å². The lowest BCUT2D eigenvalue weighted by Gasteiger charge is -2.34. The van der Waals surface area contributed by atoms with Gasteiger partial charge in [0.15, 0.2) is 6.61 Å². The molecule has 1 saturated heterocycles. The first-order chi connectivity index (χ1) is 14.6. The molecule has 1 atom stereocenters. The number of amides is 1. The number of piperidine rings is 1. The van der Waals surface area contributed by atoms with Crippen molar-refractivity contribution in [3.63, 3.8) is 0 Å². The van der Waals surface area contributed by atoms with E-state index in [1.807, 2.05) is 42.5 Å². The van der Waals surface area contributed by atoms with Gasteiger partial charge in [-0.25, -0.2) is 4.98 Å². The van der Waals surface area contributed by atoms with E-state index < -0.39 is 0 Å². The number of hydrogen-bond acceptors (Lipinski definition) is 4. The summed E-state index contributed by atoms with van der Waals surface area (Å²) in [5, 5.41) is 4.48. The third kappa shape index (κ3) is 4.68. The number of nitrogens with one attached hydrogen (secondary N) is 1. The Labute approximate surface area is 182 Å². The van der Waals surface area contributed by atoms with Crippen LogP contribution < -0.4 is 15.0 Å². The summed E-state index contributed by atoms with van der Waals surface area (Å²) in [6, 6.07) is 17.9. The number of benzene rings is 2.